The summed E-state index contributed by atoms with van der Waals surface area (Å²) >= 11 is 0. The van der Waals surface area contributed by atoms with E-state index < -0.39 is 51.9 Å². The highest BCUT2D eigenvalue weighted by atomic mass is 31.3. The number of aliphatic hydroxyl groups is 1. The van der Waals surface area contributed by atoms with Crippen LogP contribution < -0.4 is 15.9 Å². The molecule has 2 aromatic heterocycles. The fourth-order valence-electron chi connectivity index (χ4n) is 3.63. The van der Waals surface area contributed by atoms with E-state index in [0.29, 0.717) is 6.42 Å². The maximum atomic E-state index is 12.3. The molecule has 3 rings (SSSR count). The van der Waals surface area contributed by atoms with Gasteiger partial charge in [-0.15, -0.1) is 0 Å². The summed E-state index contributed by atoms with van der Waals surface area (Å²) in [5, 5.41) is 11.0. The van der Waals surface area contributed by atoms with Crippen LogP contribution in [-0.4, -0.2) is 68.6 Å². The lowest BCUT2D eigenvalue weighted by Crippen LogP contribution is -2.32. The summed E-state index contributed by atoms with van der Waals surface area (Å²) in [6, 6.07) is 0. The summed E-state index contributed by atoms with van der Waals surface area (Å²) in [6.07, 6.45) is -1.32. The van der Waals surface area contributed by atoms with E-state index in [1.54, 1.807) is 7.05 Å². The first-order valence-electron chi connectivity index (χ1n) is 9.40. The predicted octanol–water partition coefficient (Wildman–Crippen LogP) is -1.01. The van der Waals surface area contributed by atoms with Gasteiger partial charge in [0.1, 0.15) is 6.10 Å². The maximum absolute atomic E-state index is 12.3. The summed E-state index contributed by atoms with van der Waals surface area (Å²) in [4.78, 5) is 37.6. The second kappa shape index (κ2) is 9.29. The number of aliphatic hydroxyl groups excluding tert-OH is 1. The van der Waals surface area contributed by atoms with Crippen molar-refractivity contribution in [2.75, 3.05) is 32.7 Å². The second-order valence-electron chi connectivity index (χ2n) is 7.41. The van der Waals surface area contributed by atoms with Crippen molar-refractivity contribution in [3.8, 4) is 0 Å². The molecule has 32 heavy (non-hydrogen) atoms. The Morgan fingerprint density at radius 2 is 2.09 bits per heavy atom. The number of nitrogen functional groups attached to an aromatic ring is 1. The molecule has 0 spiro atoms. The van der Waals surface area contributed by atoms with Crippen LogP contribution in [0.4, 0.5) is 5.95 Å². The molecule has 0 aliphatic carbocycles. The van der Waals surface area contributed by atoms with Gasteiger partial charge in [0.05, 0.1) is 19.8 Å². The summed E-state index contributed by atoms with van der Waals surface area (Å²) in [5.74, 6) is -0.748. The van der Waals surface area contributed by atoms with Crippen LogP contribution in [0, 0.1) is 5.92 Å². The van der Waals surface area contributed by atoms with Crippen molar-refractivity contribution in [1.29, 1.82) is 0 Å². The van der Waals surface area contributed by atoms with Crippen molar-refractivity contribution in [1.82, 2.24) is 14.5 Å². The average Bonchev–Trinajstić information content (AvgIpc) is 3.13. The molecule has 0 radical (unpaired) electrons. The van der Waals surface area contributed by atoms with Gasteiger partial charge in [-0.2, -0.15) is 9.55 Å². The van der Waals surface area contributed by atoms with Gasteiger partial charge >= 0.3 is 21.0 Å². The number of anilines is 1. The number of aromatic nitrogens is 4. The first-order chi connectivity index (χ1) is 14.8. The van der Waals surface area contributed by atoms with Gasteiger partial charge in [0.2, 0.25) is 18.5 Å². The van der Waals surface area contributed by atoms with Gasteiger partial charge in [0.25, 0.3) is 11.2 Å². The number of imidazole rings is 1. The van der Waals surface area contributed by atoms with Crippen molar-refractivity contribution >= 4 is 32.5 Å². The first kappa shape index (κ1) is 25.0. The van der Waals surface area contributed by atoms with Crippen molar-refractivity contribution in [2.45, 2.75) is 24.9 Å². The zero-order chi connectivity index (χ0) is 23.8. The Balaban J connectivity index is 1.90. The molecular weight excluding hydrogens is 472 g/mol. The van der Waals surface area contributed by atoms with E-state index in [1.165, 1.54) is 22.6 Å². The zero-order valence-corrected chi connectivity index (χ0v) is 19.3. The van der Waals surface area contributed by atoms with Crippen LogP contribution in [0.1, 0.15) is 12.6 Å². The highest BCUT2D eigenvalue weighted by molar-refractivity contribution is 7.63. The minimum absolute atomic E-state index is 0.128. The van der Waals surface area contributed by atoms with E-state index in [4.69, 9.17) is 19.7 Å². The zero-order valence-electron chi connectivity index (χ0n) is 17.5. The molecule has 15 nitrogen and oxygen atoms in total. The van der Waals surface area contributed by atoms with Crippen LogP contribution in [0.5, 0.6) is 0 Å². The molecule has 0 amide bonds. The van der Waals surface area contributed by atoms with Crippen LogP contribution >= 0.6 is 15.4 Å². The fraction of sp³-hybridized carbons (Fsp3) is 0.667. The molecule has 1 fully saturated rings. The van der Waals surface area contributed by atoms with Crippen molar-refractivity contribution in [3.63, 3.8) is 0 Å². The topological polar surface area (TPSA) is 212 Å². The third kappa shape index (κ3) is 5.45. The Labute approximate surface area is 181 Å². The number of fused-ring (bicyclic) bond motifs is 1. The number of rotatable bonds is 9. The van der Waals surface area contributed by atoms with Gasteiger partial charge in [-0.25, -0.2) is 13.4 Å². The molecule has 0 saturated carbocycles. The summed E-state index contributed by atoms with van der Waals surface area (Å²) in [6.45, 7) is 0.453. The monoisotopic (exact) mass is 498 g/mol. The first-order valence-corrected chi connectivity index (χ1v) is 12.9. The number of hydrogen-bond acceptors (Lipinski definition) is 10. The van der Waals surface area contributed by atoms with Crippen molar-refractivity contribution in [2.24, 2.45) is 13.0 Å². The van der Waals surface area contributed by atoms with Crippen molar-refractivity contribution < 1.29 is 46.9 Å². The number of H-pyrrole nitrogens is 1. The number of methoxy groups -OCH3 is 1. The SMILES string of the molecule is COCC[C@H]1[C@@H](O)[C@H](n2c[n+](C)c3c(=O)[nH]c(N)nc32)O[C@@H]1COP(=O)(O)OP(C)(=O)O. The number of nitrogens with zero attached hydrogens (tertiary/aromatic N) is 3. The third-order valence-corrected chi connectivity index (χ3v) is 7.41. The van der Waals surface area contributed by atoms with Crippen LogP contribution in [0.15, 0.2) is 11.1 Å². The molecule has 3 heterocycles. The predicted molar refractivity (Wildman–Crippen MR) is 108 cm³/mol. The summed E-state index contributed by atoms with van der Waals surface area (Å²) in [5.41, 5.74) is 5.53. The molecular formula is C15H26N5O10P2+. The van der Waals surface area contributed by atoms with Crippen LogP contribution in [-0.2, 0) is 34.5 Å². The summed E-state index contributed by atoms with van der Waals surface area (Å²) < 4.78 is 46.2. The highest BCUT2D eigenvalue weighted by Crippen LogP contribution is 2.58. The lowest BCUT2D eigenvalue weighted by molar-refractivity contribution is -0.646. The van der Waals surface area contributed by atoms with Gasteiger partial charge in [0, 0.05) is 26.3 Å². The van der Waals surface area contributed by atoms with Crippen LogP contribution in [0.2, 0.25) is 0 Å². The second-order valence-corrected chi connectivity index (χ2v) is 10.9. The number of phosphoric ester groups is 1. The Bertz CT molecular complexity index is 1130. The average molecular weight is 498 g/mol. The lowest BCUT2D eigenvalue weighted by Gasteiger charge is -2.20. The van der Waals surface area contributed by atoms with Gasteiger partial charge in [-0.1, -0.05) is 0 Å². The molecule has 2 unspecified atom stereocenters. The molecule has 6 atom stereocenters. The van der Waals surface area contributed by atoms with Gasteiger partial charge in [-0.3, -0.25) is 18.9 Å². The van der Waals surface area contributed by atoms with E-state index >= 15 is 0 Å². The van der Waals surface area contributed by atoms with E-state index in [0.717, 1.165) is 6.66 Å². The van der Waals surface area contributed by atoms with E-state index in [2.05, 4.69) is 14.3 Å². The van der Waals surface area contributed by atoms with Gasteiger partial charge in [0.15, 0.2) is 0 Å². The summed E-state index contributed by atoms with van der Waals surface area (Å²) in [7, 11) is -6.09. The minimum atomic E-state index is -4.87. The molecule has 180 valence electrons. The maximum Gasteiger partial charge on any atom is 0.479 e. The number of nitrogens with one attached hydrogen (secondary N) is 1. The van der Waals surface area contributed by atoms with Crippen molar-refractivity contribution in [3.05, 3.63) is 16.7 Å². The van der Waals surface area contributed by atoms with Crippen LogP contribution in [0.25, 0.3) is 11.2 Å². The standard InChI is InChI=1S/C15H25N5O10P2/c1-19-7-20(12-10(19)13(22)18-15(16)17-12)14-11(21)8(4-5-27-2)9(29-14)6-28-32(25,26)30-31(3,23)24/h7-9,11,14,21H,4-6H2,1-3H3,(H4-,16,17,18,22,23,24,25,26)/p+1/t8-,9-,11-,14-/m1/s1. The lowest BCUT2D eigenvalue weighted by atomic mass is 9.95. The Hall–Kier alpha value is -1.67. The van der Waals surface area contributed by atoms with E-state index in [1.807, 2.05) is 0 Å². The quantitative estimate of drug-likeness (QED) is 0.208. The van der Waals surface area contributed by atoms with Gasteiger partial charge < -0.3 is 30.1 Å². The van der Waals surface area contributed by atoms with E-state index in [9.17, 15) is 28.8 Å². The molecule has 0 aromatic carbocycles. The number of aryl methyl sites for hydroxylation is 1. The highest BCUT2D eigenvalue weighted by Gasteiger charge is 2.49. The third-order valence-electron chi connectivity index (χ3n) is 4.90. The number of ether oxygens (including phenoxy) is 2. The molecule has 17 heteroatoms. The number of hydrogen-bond donors (Lipinski definition) is 5. The molecule has 1 saturated heterocycles. The fourth-order valence-corrected chi connectivity index (χ4v) is 5.69. The number of aromatic amines is 1. The number of phosphoric acid groups is 1. The smallest absolute Gasteiger partial charge is 0.386 e. The Morgan fingerprint density at radius 3 is 2.72 bits per heavy atom. The molecule has 1 aliphatic rings. The number of nitrogens with two attached hydrogens (primary N) is 1. The largest absolute Gasteiger partial charge is 0.479 e. The molecule has 2 aromatic rings. The van der Waals surface area contributed by atoms with Gasteiger partial charge in [-0.05, 0) is 6.42 Å². The van der Waals surface area contributed by atoms with Crippen LogP contribution in [0.3, 0.4) is 0 Å². The molecule has 1 aliphatic heterocycles. The Kier molecular flexibility index (Phi) is 7.25. The minimum Gasteiger partial charge on any atom is -0.386 e. The normalized spacial score (nSPS) is 27.4. The Morgan fingerprint density at radius 1 is 1.41 bits per heavy atom. The molecule has 0 bridgehead atoms. The molecule has 6 N–H and O–H groups in total. The van der Waals surface area contributed by atoms with E-state index in [-0.39, 0.29) is 23.7 Å².